The van der Waals surface area contributed by atoms with E-state index in [-0.39, 0.29) is 6.04 Å². The molecule has 0 aliphatic carbocycles. The van der Waals surface area contributed by atoms with E-state index in [9.17, 15) is 8.78 Å². The van der Waals surface area contributed by atoms with Gasteiger partial charge in [0.2, 0.25) is 0 Å². The molecule has 0 fully saturated rings. The van der Waals surface area contributed by atoms with E-state index < -0.39 is 11.6 Å². The summed E-state index contributed by atoms with van der Waals surface area (Å²) in [6.45, 7) is 0.668. The van der Waals surface area contributed by atoms with Crippen LogP contribution in [-0.4, -0.2) is 10.6 Å². The Morgan fingerprint density at radius 3 is 3.00 bits per heavy atom. The maximum absolute atomic E-state index is 13.4. The van der Waals surface area contributed by atoms with Crippen LogP contribution in [0.2, 0.25) is 0 Å². The first-order valence-corrected chi connectivity index (χ1v) is 4.88. The number of aromatic nitrogens is 1. The minimum Gasteiger partial charge on any atom is -0.346 e. The number of hydrogen-bond donors (Lipinski definition) is 1. The van der Waals surface area contributed by atoms with Crippen molar-refractivity contribution >= 4 is 10.9 Å². The molecule has 0 saturated heterocycles. The van der Waals surface area contributed by atoms with E-state index in [1.165, 1.54) is 6.07 Å². The molecule has 0 bridgehead atoms. The Morgan fingerprint density at radius 1 is 1.40 bits per heavy atom. The Bertz CT molecular complexity index is 545. The number of rotatable bonds is 0. The van der Waals surface area contributed by atoms with Crippen molar-refractivity contribution < 1.29 is 8.78 Å². The highest BCUT2D eigenvalue weighted by Gasteiger charge is 2.21. The average molecular weight is 208 g/mol. The van der Waals surface area contributed by atoms with E-state index in [1.807, 2.05) is 4.57 Å². The van der Waals surface area contributed by atoms with Gasteiger partial charge in [-0.2, -0.15) is 0 Å². The first kappa shape index (κ1) is 8.85. The van der Waals surface area contributed by atoms with Gasteiger partial charge in [0, 0.05) is 24.2 Å². The molecule has 1 aromatic carbocycles. The van der Waals surface area contributed by atoms with Gasteiger partial charge in [-0.1, -0.05) is 0 Å². The van der Waals surface area contributed by atoms with Crippen molar-refractivity contribution in [2.75, 3.05) is 0 Å². The highest BCUT2D eigenvalue weighted by atomic mass is 19.2. The molecule has 4 heteroatoms. The molecule has 0 spiro atoms. The van der Waals surface area contributed by atoms with Crippen molar-refractivity contribution in [1.82, 2.24) is 4.57 Å². The molecule has 0 saturated carbocycles. The number of benzene rings is 1. The maximum atomic E-state index is 13.4. The highest BCUT2D eigenvalue weighted by molar-refractivity contribution is 5.84. The SMILES string of the molecule is N[C@H]1Cc2cc(F)c(F)c3ccn(c23)C1. The predicted octanol–water partition coefficient (Wildman–Crippen LogP) is 1.80. The summed E-state index contributed by atoms with van der Waals surface area (Å²) in [6, 6.07) is 2.85. The summed E-state index contributed by atoms with van der Waals surface area (Å²) in [5.74, 6) is -1.55. The van der Waals surface area contributed by atoms with Gasteiger partial charge in [-0.15, -0.1) is 0 Å². The van der Waals surface area contributed by atoms with Gasteiger partial charge in [0.1, 0.15) is 0 Å². The molecule has 2 heterocycles. The third-order valence-corrected chi connectivity index (χ3v) is 2.93. The van der Waals surface area contributed by atoms with Crippen LogP contribution >= 0.6 is 0 Å². The average Bonchev–Trinajstić information content (AvgIpc) is 2.58. The molecular weight excluding hydrogens is 198 g/mol. The fraction of sp³-hybridized carbons (Fsp3) is 0.273. The van der Waals surface area contributed by atoms with Crippen LogP contribution < -0.4 is 5.73 Å². The first-order chi connectivity index (χ1) is 7.16. The van der Waals surface area contributed by atoms with Crippen molar-refractivity contribution in [3.8, 4) is 0 Å². The Balaban J connectivity index is 2.41. The molecule has 15 heavy (non-hydrogen) atoms. The molecule has 0 radical (unpaired) electrons. The van der Waals surface area contributed by atoms with Crippen molar-refractivity contribution in [3.63, 3.8) is 0 Å². The molecule has 1 atom stereocenters. The summed E-state index contributed by atoms with van der Waals surface area (Å²) in [4.78, 5) is 0. The van der Waals surface area contributed by atoms with Crippen LogP contribution in [0.4, 0.5) is 8.78 Å². The molecule has 0 amide bonds. The second-order valence-electron chi connectivity index (χ2n) is 4.03. The minimum atomic E-state index is -0.788. The van der Waals surface area contributed by atoms with E-state index in [0.717, 1.165) is 11.1 Å². The lowest BCUT2D eigenvalue weighted by Gasteiger charge is -2.21. The van der Waals surface area contributed by atoms with Crippen LogP contribution in [0.3, 0.4) is 0 Å². The molecule has 1 aliphatic rings. The van der Waals surface area contributed by atoms with E-state index in [0.29, 0.717) is 18.4 Å². The monoisotopic (exact) mass is 208 g/mol. The Kier molecular flexibility index (Phi) is 1.65. The van der Waals surface area contributed by atoms with Crippen molar-refractivity contribution in [1.29, 1.82) is 0 Å². The van der Waals surface area contributed by atoms with Crippen LogP contribution in [0.25, 0.3) is 10.9 Å². The molecule has 2 N–H and O–H groups in total. The standard InChI is InChI=1S/C11H10F2N2/c12-9-4-6-3-7(14)5-15-2-1-8(10(9)13)11(6)15/h1-2,4,7H,3,5,14H2/t7-/m0/s1. The second-order valence-corrected chi connectivity index (χ2v) is 4.03. The van der Waals surface area contributed by atoms with Gasteiger partial charge >= 0.3 is 0 Å². The molecule has 2 nitrogen and oxygen atoms in total. The normalized spacial score (nSPS) is 19.8. The van der Waals surface area contributed by atoms with E-state index >= 15 is 0 Å². The zero-order valence-corrected chi connectivity index (χ0v) is 8.00. The smallest absolute Gasteiger partial charge is 0.168 e. The first-order valence-electron chi connectivity index (χ1n) is 4.88. The minimum absolute atomic E-state index is 0.0158. The Hall–Kier alpha value is -1.42. The lowest BCUT2D eigenvalue weighted by atomic mass is 10.00. The van der Waals surface area contributed by atoms with Gasteiger partial charge in [0.05, 0.1) is 5.52 Å². The van der Waals surface area contributed by atoms with Gasteiger partial charge < -0.3 is 10.3 Å². The van der Waals surface area contributed by atoms with Gasteiger partial charge in [-0.25, -0.2) is 8.78 Å². The van der Waals surface area contributed by atoms with Crippen LogP contribution in [-0.2, 0) is 13.0 Å². The van der Waals surface area contributed by atoms with E-state index in [4.69, 9.17) is 5.73 Å². The summed E-state index contributed by atoms with van der Waals surface area (Å²) < 4.78 is 28.6. The molecular formula is C11H10F2N2. The number of nitrogens with zero attached hydrogens (tertiary/aromatic N) is 1. The van der Waals surface area contributed by atoms with Gasteiger partial charge in [0.15, 0.2) is 11.6 Å². The lowest BCUT2D eigenvalue weighted by molar-refractivity contribution is 0.505. The summed E-state index contributed by atoms with van der Waals surface area (Å²) in [5, 5.41) is 0.358. The lowest BCUT2D eigenvalue weighted by Crippen LogP contribution is -2.31. The Morgan fingerprint density at radius 2 is 2.20 bits per heavy atom. The second kappa shape index (κ2) is 2.79. The van der Waals surface area contributed by atoms with Crippen LogP contribution in [0.15, 0.2) is 18.3 Å². The zero-order valence-electron chi connectivity index (χ0n) is 8.00. The number of hydrogen-bond acceptors (Lipinski definition) is 1. The largest absolute Gasteiger partial charge is 0.346 e. The van der Waals surface area contributed by atoms with E-state index in [2.05, 4.69) is 0 Å². The fourth-order valence-electron chi connectivity index (χ4n) is 2.33. The highest BCUT2D eigenvalue weighted by Crippen LogP contribution is 2.29. The molecule has 3 rings (SSSR count). The Labute approximate surface area is 85.3 Å². The maximum Gasteiger partial charge on any atom is 0.168 e. The summed E-state index contributed by atoms with van der Waals surface area (Å²) in [6.07, 6.45) is 2.37. The molecule has 0 unspecified atom stereocenters. The summed E-state index contributed by atoms with van der Waals surface area (Å²) in [5.41, 5.74) is 7.42. The van der Waals surface area contributed by atoms with Crippen LogP contribution in [0.5, 0.6) is 0 Å². The molecule has 1 aliphatic heterocycles. The van der Waals surface area contributed by atoms with Gasteiger partial charge in [0.25, 0.3) is 0 Å². The number of nitrogens with two attached hydrogens (primary N) is 1. The van der Waals surface area contributed by atoms with E-state index in [1.54, 1.807) is 12.3 Å². The van der Waals surface area contributed by atoms with Crippen LogP contribution in [0, 0.1) is 11.6 Å². The zero-order chi connectivity index (χ0) is 10.6. The predicted molar refractivity (Wildman–Crippen MR) is 53.5 cm³/mol. The van der Waals surface area contributed by atoms with Gasteiger partial charge in [-0.05, 0) is 24.1 Å². The van der Waals surface area contributed by atoms with Crippen molar-refractivity contribution in [2.45, 2.75) is 19.0 Å². The fourth-order valence-corrected chi connectivity index (χ4v) is 2.33. The van der Waals surface area contributed by atoms with Crippen molar-refractivity contribution in [2.24, 2.45) is 5.73 Å². The third-order valence-electron chi connectivity index (χ3n) is 2.93. The van der Waals surface area contributed by atoms with Crippen molar-refractivity contribution in [3.05, 3.63) is 35.5 Å². The van der Waals surface area contributed by atoms with Gasteiger partial charge in [-0.3, -0.25) is 0 Å². The summed E-state index contributed by atoms with van der Waals surface area (Å²) >= 11 is 0. The molecule has 1 aromatic heterocycles. The quantitative estimate of drug-likeness (QED) is 0.703. The third kappa shape index (κ3) is 1.11. The summed E-state index contributed by atoms with van der Waals surface area (Å²) in [7, 11) is 0. The number of halogens is 2. The van der Waals surface area contributed by atoms with Crippen LogP contribution in [0.1, 0.15) is 5.56 Å². The topological polar surface area (TPSA) is 30.9 Å². The molecule has 78 valence electrons. The molecule has 2 aromatic rings.